The first-order valence-corrected chi connectivity index (χ1v) is 6.06. The minimum atomic E-state index is -0.169. The minimum absolute atomic E-state index is 0.169. The van der Waals surface area contributed by atoms with Crippen LogP contribution in [0.2, 0.25) is 0 Å². The van der Waals surface area contributed by atoms with Gasteiger partial charge in [-0.2, -0.15) is 0 Å². The van der Waals surface area contributed by atoms with E-state index < -0.39 is 0 Å². The molecule has 2 rings (SSSR count). The highest BCUT2D eigenvalue weighted by molar-refractivity contribution is 7.09. The molecule has 0 saturated carbocycles. The van der Waals surface area contributed by atoms with E-state index in [0.29, 0.717) is 0 Å². The summed E-state index contributed by atoms with van der Waals surface area (Å²) >= 11 is 1.64. The molecule has 0 atom stereocenters. The highest BCUT2D eigenvalue weighted by atomic mass is 32.1. The van der Waals surface area contributed by atoms with Gasteiger partial charge in [-0.05, 0) is 30.7 Å². The Balaban J connectivity index is 1.72. The van der Waals surface area contributed by atoms with E-state index in [1.165, 1.54) is 6.07 Å². The summed E-state index contributed by atoms with van der Waals surface area (Å²) in [6.45, 7) is 1.62. The first kappa shape index (κ1) is 11.2. The third-order valence-electron chi connectivity index (χ3n) is 2.24. The van der Waals surface area contributed by atoms with Gasteiger partial charge in [0.1, 0.15) is 10.8 Å². The maximum atomic E-state index is 12.9. The molecule has 84 valence electrons. The number of halogens is 1. The monoisotopic (exact) mass is 236 g/mol. The fourth-order valence-electron chi connectivity index (χ4n) is 1.46. The molecule has 2 aromatic rings. The summed E-state index contributed by atoms with van der Waals surface area (Å²) in [5.41, 5.74) is 1.02. The van der Waals surface area contributed by atoms with Crippen LogP contribution in [0.1, 0.15) is 10.6 Å². The van der Waals surface area contributed by atoms with Gasteiger partial charge in [-0.3, -0.25) is 0 Å². The largest absolute Gasteiger partial charge is 0.310 e. The van der Waals surface area contributed by atoms with Crippen molar-refractivity contribution in [3.63, 3.8) is 0 Å². The van der Waals surface area contributed by atoms with Crippen molar-refractivity contribution in [2.24, 2.45) is 0 Å². The van der Waals surface area contributed by atoms with Crippen LogP contribution in [0.25, 0.3) is 0 Å². The van der Waals surface area contributed by atoms with Crippen molar-refractivity contribution in [1.82, 2.24) is 10.3 Å². The van der Waals surface area contributed by atoms with Gasteiger partial charge in [0.15, 0.2) is 0 Å². The molecule has 0 aliphatic rings. The van der Waals surface area contributed by atoms with Gasteiger partial charge < -0.3 is 5.32 Å². The lowest BCUT2D eigenvalue weighted by molar-refractivity contribution is 0.622. The maximum Gasteiger partial charge on any atom is 0.123 e. The van der Waals surface area contributed by atoms with Crippen molar-refractivity contribution >= 4 is 11.3 Å². The van der Waals surface area contributed by atoms with E-state index in [1.54, 1.807) is 29.7 Å². The van der Waals surface area contributed by atoms with Crippen LogP contribution < -0.4 is 5.32 Å². The van der Waals surface area contributed by atoms with Crippen LogP contribution in [0.4, 0.5) is 4.39 Å². The van der Waals surface area contributed by atoms with E-state index in [2.05, 4.69) is 10.3 Å². The standard InChI is InChI=1S/C12H13FN2S/c13-11-3-1-2-10(8-11)4-5-14-9-12-15-6-7-16-12/h1-3,6-8,14H,4-5,9H2. The highest BCUT2D eigenvalue weighted by Crippen LogP contribution is 2.05. The van der Waals surface area contributed by atoms with Crippen molar-refractivity contribution in [3.05, 3.63) is 52.2 Å². The molecule has 0 saturated heterocycles. The lowest BCUT2D eigenvalue weighted by Gasteiger charge is -2.03. The smallest absolute Gasteiger partial charge is 0.123 e. The molecule has 1 aromatic carbocycles. The Morgan fingerprint density at radius 3 is 3.06 bits per heavy atom. The van der Waals surface area contributed by atoms with Crippen LogP contribution >= 0.6 is 11.3 Å². The maximum absolute atomic E-state index is 12.9. The summed E-state index contributed by atoms with van der Waals surface area (Å²) in [7, 11) is 0. The number of nitrogens with one attached hydrogen (secondary N) is 1. The zero-order chi connectivity index (χ0) is 11.2. The van der Waals surface area contributed by atoms with E-state index in [0.717, 1.165) is 30.1 Å². The van der Waals surface area contributed by atoms with Gasteiger partial charge >= 0.3 is 0 Å². The molecular weight excluding hydrogens is 223 g/mol. The molecule has 0 bridgehead atoms. The molecule has 0 unspecified atom stereocenters. The predicted molar refractivity (Wildman–Crippen MR) is 63.9 cm³/mol. The lowest BCUT2D eigenvalue weighted by Crippen LogP contribution is -2.16. The normalized spacial score (nSPS) is 10.6. The zero-order valence-electron chi connectivity index (χ0n) is 8.82. The van der Waals surface area contributed by atoms with Crippen molar-refractivity contribution in [3.8, 4) is 0 Å². The van der Waals surface area contributed by atoms with Gasteiger partial charge in [-0.15, -0.1) is 11.3 Å². The summed E-state index contributed by atoms with van der Waals surface area (Å²) in [5.74, 6) is -0.169. The second-order valence-corrected chi connectivity index (χ2v) is 4.46. The van der Waals surface area contributed by atoms with E-state index >= 15 is 0 Å². The lowest BCUT2D eigenvalue weighted by atomic mass is 10.1. The summed E-state index contributed by atoms with van der Waals surface area (Å²) in [6.07, 6.45) is 2.64. The molecule has 1 heterocycles. The molecule has 0 amide bonds. The Labute approximate surface area is 98.2 Å². The average molecular weight is 236 g/mol. The van der Waals surface area contributed by atoms with Crippen LogP contribution in [0.5, 0.6) is 0 Å². The van der Waals surface area contributed by atoms with Gasteiger partial charge in [-0.25, -0.2) is 9.37 Å². The zero-order valence-corrected chi connectivity index (χ0v) is 9.64. The molecule has 16 heavy (non-hydrogen) atoms. The van der Waals surface area contributed by atoms with Gasteiger partial charge in [-0.1, -0.05) is 12.1 Å². The van der Waals surface area contributed by atoms with Gasteiger partial charge in [0.05, 0.1) is 0 Å². The molecule has 2 nitrogen and oxygen atoms in total. The Morgan fingerprint density at radius 1 is 1.38 bits per heavy atom. The van der Waals surface area contributed by atoms with Crippen LogP contribution in [0.3, 0.4) is 0 Å². The van der Waals surface area contributed by atoms with Crippen LogP contribution in [0.15, 0.2) is 35.8 Å². The van der Waals surface area contributed by atoms with E-state index in [-0.39, 0.29) is 5.82 Å². The number of rotatable bonds is 5. The van der Waals surface area contributed by atoms with Crippen molar-refractivity contribution in [1.29, 1.82) is 0 Å². The summed E-state index contributed by atoms with van der Waals surface area (Å²) in [5, 5.41) is 6.33. The molecule has 0 fully saturated rings. The summed E-state index contributed by atoms with van der Waals surface area (Å²) in [6, 6.07) is 6.72. The second-order valence-electron chi connectivity index (χ2n) is 3.48. The molecule has 0 spiro atoms. The fourth-order valence-corrected chi connectivity index (χ4v) is 2.05. The second kappa shape index (κ2) is 5.72. The number of hydrogen-bond donors (Lipinski definition) is 1. The molecule has 1 N–H and O–H groups in total. The molecule has 0 radical (unpaired) electrons. The quantitative estimate of drug-likeness (QED) is 0.807. The number of nitrogens with zero attached hydrogens (tertiary/aromatic N) is 1. The minimum Gasteiger partial charge on any atom is -0.310 e. The number of aromatic nitrogens is 1. The first-order chi connectivity index (χ1) is 7.84. The average Bonchev–Trinajstić information content (AvgIpc) is 2.77. The Bertz CT molecular complexity index is 428. The van der Waals surface area contributed by atoms with Crippen LogP contribution in [0, 0.1) is 5.82 Å². The van der Waals surface area contributed by atoms with Crippen LogP contribution in [-0.4, -0.2) is 11.5 Å². The molecular formula is C12H13FN2S. The number of hydrogen-bond acceptors (Lipinski definition) is 3. The fraction of sp³-hybridized carbons (Fsp3) is 0.250. The molecule has 4 heteroatoms. The Morgan fingerprint density at radius 2 is 2.31 bits per heavy atom. The number of thiazole rings is 1. The predicted octanol–water partition coefficient (Wildman–Crippen LogP) is 2.61. The molecule has 0 aliphatic carbocycles. The van der Waals surface area contributed by atoms with Crippen molar-refractivity contribution in [2.45, 2.75) is 13.0 Å². The van der Waals surface area contributed by atoms with E-state index in [1.807, 2.05) is 11.4 Å². The molecule has 0 aliphatic heterocycles. The third kappa shape index (κ3) is 3.40. The number of benzene rings is 1. The SMILES string of the molecule is Fc1cccc(CCNCc2nccs2)c1. The van der Waals surface area contributed by atoms with Gasteiger partial charge in [0, 0.05) is 18.1 Å². The topological polar surface area (TPSA) is 24.9 Å². The van der Waals surface area contributed by atoms with E-state index in [4.69, 9.17) is 0 Å². The van der Waals surface area contributed by atoms with Gasteiger partial charge in [0.2, 0.25) is 0 Å². The highest BCUT2D eigenvalue weighted by Gasteiger charge is 1.97. The van der Waals surface area contributed by atoms with Crippen molar-refractivity contribution in [2.75, 3.05) is 6.54 Å². The molecule has 1 aromatic heterocycles. The third-order valence-corrected chi connectivity index (χ3v) is 3.02. The van der Waals surface area contributed by atoms with E-state index in [9.17, 15) is 4.39 Å². The van der Waals surface area contributed by atoms with Crippen LogP contribution in [-0.2, 0) is 13.0 Å². The van der Waals surface area contributed by atoms with Gasteiger partial charge in [0.25, 0.3) is 0 Å². The Kier molecular flexibility index (Phi) is 4.02. The Hall–Kier alpha value is -1.26. The summed E-state index contributed by atoms with van der Waals surface area (Å²) < 4.78 is 12.9. The summed E-state index contributed by atoms with van der Waals surface area (Å²) in [4.78, 5) is 4.17. The first-order valence-electron chi connectivity index (χ1n) is 5.18. The van der Waals surface area contributed by atoms with Crippen molar-refractivity contribution < 1.29 is 4.39 Å².